The maximum atomic E-state index is 13.0. The Morgan fingerprint density at radius 3 is 2.43 bits per heavy atom. The number of rotatable bonds is 6. The van der Waals surface area contributed by atoms with E-state index in [-0.39, 0.29) is 17.3 Å². The predicted molar refractivity (Wildman–Crippen MR) is 120 cm³/mol. The number of thiazole rings is 1. The highest BCUT2D eigenvalue weighted by molar-refractivity contribution is 7.89. The number of aromatic nitrogens is 1. The molecule has 30 heavy (non-hydrogen) atoms. The molecule has 3 aromatic carbocycles. The molecule has 1 aromatic heterocycles. The molecule has 154 valence electrons. The number of hydrogen-bond donors (Lipinski definition) is 0. The molecule has 1 heterocycles. The van der Waals surface area contributed by atoms with Crippen LogP contribution >= 0.6 is 11.3 Å². The molecule has 0 aliphatic heterocycles. The van der Waals surface area contributed by atoms with E-state index in [1.165, 1.54) is 23.3 Å². The van der Waals surface area contributed by atoms with Crippen LogP contribution in [-0.2, 0) is 21.4 Å². The Morgan fingerprint density at radius 2 is 1.67 bits per heavy atom. The van der Waals surface area contributed by atoms with Gasteiger partial charge in [0, 0.05) is 14.1 Å². The van der Waals surface area contributed by atoms with Gasteiger partial charge >= 0.3 is 0 Å². The second-order valence-electron chi connectivity index (χ2n) is 7.10. The normalized spacial score (nSPS) is 12.0. The molecule has 0 spiro atoms. The summed E-state index contributed by atoms with van der Waals surface area (Å²) in [5.74, 6) is -0.291. The number of amides is 1. The topological polar surface area (TPSA) is 70.6 Å². The largest absolute Gasteiger partial charge is 0.338 e. The van der Waals surface area contributed by atoms with E-state index in [0.717, 1.165) is 30.3 Å². The summed E-state index contributed by atoms with van der Waals surface area (Å²) < 4.78 is 28.1. The van der Waals surface area contributed by atoms with Crippen LogP contribution in [0.25, 0.3) is 21.0 Å². The van der Waals surface area contributed by atoms with Crippen molar-refractivity contribution in [2.24, 2.45) is 0 Å². The predicted octanol–water partition coefficient (Wildman–Crippen LogP) is 3.73. The van der Waals surface area contributed by atoms with Crippen LogP contribution in [0.3, 0.4) is 0 Å². The average molecular weight is 440 g/mol. The second kappa shape index (κ2) is 8.14. The summed E-state index contributed by atoms with van der Waals surface area (Å²) in [6.45, 7) is 0.0958. The molecule has 0 saturated heterocycles. The maximum absolute atomic E-state index is 13.0. The second-order valence-corrected chi connectivity index (χ2v) is 10.3. The van der Waals surface area contributed by atoms with E-state index in [4.69, 9.17) is 0 Å². The number of carbonyl (C=O) groups excluding carboxylic acids is 1. The lowest BCUT2D eigenvalue weighted by Gasteiger charge is -2.21. The van der Waals surface area contributed by atoms with Crippen LogP contribution in [0.1, 0.15) is 5.01 Å². The van der Waals surface area contributed by atoms with E-state index in [1.54, 1.807) is 25.2 Å². The fourth-order valence-corrected chi connectivity index (χ4v) is 5.36. The molecule has 4 rings (SSSR count). The summed E-state index contributed by atoms with van der Waals surface area (Å²) in [4.78, 5) is 18.9. The lowest BCUT2D eigenvalue weighted by atomic mass is 10.1. The Labute approximate surface area is 179 Å². The van der Waals surface area contributed by atoms with Crippen molar-refractivity contribution >= 4 is 48.3 Å². The fourth-order valence-electron chi connectivity index (χ4n) is 3.18. The summed E-state index contributed by atoms with van der Waals surface area (Å²) in [5.41, 5.74) is 0.898. The van der Waals surface area contributed by atoms with Crippen molar-refractivity contribution in [1.29, 1.82) is 0 Å². The molecule has 6 nitrogen and oxygen atoms in total. The van der Waals surface area contributed by atoms with Gasteiger partial charge in [-0.1, -0.05) is 42.5 Å². The molecular formula is C22H21N3O3S2. The van der Waals surface area contributed by atoms with Gasteiger partial charge in [-0.25, -0.2) is 13.4 Å². The first-order valence-electron chi connectivity index (χ1n) is 9.38. The van der Waals surface area contributed by atoms with E-state index in [2.05, 4.69) is 4.98 Å². The number of likely N-dealkylation sites (N-methyl/N-ethyl adjacent to an activating group) is 2. The standard InChI is InChI=1S/C22H21N3O3S2/c1-24(14-21-23-19-9-5-6-10-20(19)29-21)22(26)15-25(2)30(27,28)18-12-11-16-7-3-4-8-17(16)13-18/h3-13H,14-15H2,1-2H3. The third-order valence-corrected chi connectivity index (χ3v) is 7.74. The van der Waals surface area contributed by atoms with Gasteiger partial charge in [0.15, 0.2) is 0 Å². The molecule has 0 atom stereocenters. The van der Waals surface area contributed by atoms with E-state index >= 15 is 0 Å². The van der Waals surface area contributed by atoms with E-state index in [1.807, 2.05) is 48.5 Å². The minimum absolute atomic E-state index is 0.172. The van der Waals surface area contributed by atoms with E-state index in [0.29, 0.717) is 6.54 Å². The highest BCUT2D eigenvalue weighted by atomic mass is 32.2. The fraction of sp³-hybridized carbons (Fsp3) is 0.182. The smallest absolute Gasteiger partial charge is 0.243 e. The first-order valence-corrected chi connectivity index (χ1v) is 11.6. The summed E-state index contributed by atoms with van der Waals surface area (Å²) >= 11 is 1.53. The first kappa shape index (κ1) is 20.5. The lowest BCUT2D eigenvalue weighted by molar-refractivity contribution is -0.130. The monoisotopic (exact) mass is 439 g/mol. The lowest BCUT2D eigenvalue weighted by Crippen LogP contribution is -2.39. The number of nitrogens with zero attached hydrogens (tertiary/aromatic N) is 3. The van der Waals surface area contributed by atoms with Crippen molar-refractivity contribution in [3.8, 4) is 0 Å². The van der Waals surface area contributed by atoms with E-state index in [9.17, 15) is 13.2 Å². The van der Waals surface area contributed by atoms with Crippen molar-refractivity contribution in [3.05, 3.63) is 71.7 Å². The van der Waals surface area contributed by atoms with Gasteiger partial charge in [-0.2, -0.15) is 4.31 Å². The van der Waals surface area contributed by atoms with Gasteiger partial charge in [-0.15, -0.1) is 11.3 Å². The van der Waals surface area contributed by atoms with Crippen LogP contribution in [0.5, 0.6) is 0 Å². The molecular weight excluding hydrogens is 418 g/mol. The van der Waals surface area contributed by atoms with Gasteiger partial charge in [-0.3, -0.25) is 4.79 Å². The van der Waals surface area contributed by atoms with Crippen molar-refractivity contribution < 1.29 is 13.2 Å². The number of carbonyl (C=O) groups is 1. The highest BCUT2D eigenvalue weighted by Crippen LogP contribution is 2.23. The van der Waals surface area contributed by atoms with Crippen LogP contribution < -0.4 is 0 Å². The Kier molecular flexibility index (Phi) is 5.55. The number of fused-ring (bicyclic) bond motifs is 2. The van der Waals surface area contributed by atoms with Crippen molar-refractivity contribution in [1.82, 2.24) is 14.2 Å². The average Bonchev–Trinajstić information content (AvgIpc) is 3.15. The molecule has 0 unspecified atom stereocenters. The zero-order valence-electron chi connectivity index (χ0n) is 16.6. The summed E-state index contributed by atoms with van der Waals surface area (Å²) in [6.07, 6.45) is 0. The van der Waals surface area contributed by atoms with Crippen LogP contribution in [0.2, 0.25) is 0 Å². The van der Waals surface area contributed by atoms with Gasteiger partial charge < -0.3 is 4.90 Å². The molecule has 0 fully saturated rings. The highest BCUT2D eigenvalue weighted by Gasteiger charge is 2.25. The van der Waals surface area contributed by atoms with E-state index < -0.39 is 10.0 Å². The number of para-hydroxylation sites is 1. The van der Waals surface area contributed by atoms with Crippen LogP contribution in [0.4, 0.5) is 0 Å². The van der Waals surface area contributed by atoms with Gasteiger partial charge in [-0.05, 0) is 35.0 Å². The molecule has 8 heteroatoms. The maximum Gasteiger partial charge on any atom is 0.243 e. The quantitative estimate of drug-likeness (QED) is 0.459. The number of hydrogen-bond acceptors (Lipinski definition) is 5. The summed E-state index contributed by atoms with van der Waals surface area (Å²) in [5, 5.41) is 2.61. The molecule has 0 aliphatic carbocycles. The van der Waals surface area contributed by atoms with Crippen LogP contribution in [0, 0.1) is 0 Å². The third-order valence-electron chi connectivity index (χ3n) is 4.92. The zero-order chi connectivity index (χ0) is 21.3. The van der Waals surface area contributed by atoms with Crippen LogP contribution in [0.15, 0.2) is 71.6 Å². The Balaban J connectivity index is 1.46. The molecule has 0 N–H and O–H groups in total. The molecule has 1 amide bonds. The summed E-state index contributed by atoms with van der Waals surface area (Å²) in [6, 6.07) is 20.3. The molecule has 4 aromatic rings. The molecule has 0 bridgehead atoms. The van der Waals surface area contributed by atoms with Gasteiger partial charge in [0.25, 0.3) is 0 Å². The zero-order valence-corrected chi connectivity index (χ0v) is 18.3. The Hall–Kier alpha value is -2.81. The first-order chi connectivity index (χ1) is 14.3. The third kappa shape index (κ3) is 4.07. The van der Waals surface area contributed by atoms with Crippen molar-refractivity contribution in [3.63, 3.8) is 0 Å². The van der Waals surface area contributed by atoms with Gasteiger partial charge in [0.05, 0.1) is 28.2 Å². The number of sulfonamides is 1. The summed E-state index contributed by atoms with van der Waals surface area (Å²) in [7, 11) is -0.697. The van der Waals surface area contributed by atoms with Gasteiger partial charge in [0.2, 0.25) is 15.9 Å². The Morgan fingerprint density at radius 1 is 0.967 bits per heavy atom. The minimum atomic E-state index is -3.78. The van der Waals surface area contributed by atoms with Crippen LogP contribution in [-0.4, -0.2) is 49.2 Å². The molecule has 0 saturated carbocycles. The van der Waals surface area contributed by atoms with Crippen molar-refractivity contribution in [2.45, 2.75) is 11.4 Å². The minimum Gasteiger partial charge on any atom is -0.338 e. The SMILES string of the molecule is CN(Cc1nc2ccccc2s1)C(=O)CN(C)S(=O)(=O)c1ccc2ccccc2c1. The van der Waals surface area contributed by atoms with Gasteiger partial charge in [0.1, 0.15) is 5.01 Å². The molecule has 0 aliphatic rings. The molecule has 0 radical (unpaired) electrons. The number of benzene rings is 3. The Bertz CT molecular complexity index is 1300. The van der Waals surface area contributed by atoms with Crippen molar-refractivity contribution in [2.75, 3.05) is 20.6 Å².